The Bertz CT molecular complexity index is 690. The highest BCUT2D eigenvalue weighted by molar-refractivity contribution is 6.34. The van der Waals surface area contributed by atoms with Gasteiger partial charge in [-0.05, 0) is 54.4 Å². The number of aliphatic hydroxyl groups excluding tert-OH is 1. The summed E-state index contributed by atoms with van der Waals surface area (Å²) >= 11 is 11.8. The van der Waals surface area contributed by atoms with E-state index in [0.717, 1.165) is 5.56 Å². The summed E-state index contributed by atoms with van der Waals surface area (Å²) in [5.74, 6) is -0.109. The van der Waals surface area contributed by atoms with Gasteiger partial charge < -0.3 is 15.2 Å². The SMILES string of the molecule is O=C(CCc1cc(Cl)cc(Cl)c1)NCC(O)COc1ccc(F)cc1. The fourth-order valence-electron chi connectivity index (χ4n) is 2.12. The molecular formula is C18H18Cl2FNO3. The summed E-state index contributed by atoms with van der Waals surface area (Å²) in [5.41, 5.74) is 0.868. The summed E-state index contributed by atoms with van der Waals surface area (Å²) < 4.78 is 18.1. The first-order valence-corrected chi connectivity index (χ1v) is 8.46. The second-order valence-electron chi connectivity index (χ2n) is 5.50. The number of ether oxygens (including phenoxy) is 1. The van der Waals surface area contributed by atoms with Gasteiger partial charge in [0.1, 0.15) is 24.3 Å². The molecule has 1 atom stereocenters. The van der Waals surface area contributed by atoms with E-state index in [2.05, 4.69) is 5.32 Å². The van der Waals surface area contributed by atoms with E-state index < -0.39 is 6.10 Å². The zero-order chi connectivity index (χ0) is 18.2. The van der Waals surface area contributed by atoms with E-state index in [-0.39, 0.29) is 31.3 Å². The minimum atomic E-state index is -0.866. The van der Waals surface area contributed by atoms with Gasteiger partial charge in [-0.1, -0.05) is 23.2 Å². The van der Waals surface area contributed by atoms with Crippen LogP contribution in [0.2, 0.25) is 10.0 Å². The molecule has 7 heteroatoms. The van der Waals surface area contributed by atoms with Crippen LogP contribution in [0.4, 0.5) is 4.39 Å². The van der Waals surface area contributed by atoms with Gasteiger partial charge in [0, 0.05) is 23.0 Å². The number of hydrogen-bond acceptors (Lipinski definition) is 3. The molecule has 4 nitrogen and oxygen atoms in total. The second-order valence-corrected chi connectivity index (χ2v) is 6.37. The van der Waals surface area contributed by atoms with E-state index in [4.69, 9.17) is 27.9 Å². The standard InChI is InChI=1S/C18H18Cl2FNO3/c19-13-7-12(8-14(20)9-13)1-6-18(24)22-10-16(23)11-25-17-4-2-15(21)3-5-17/h2-5,7-9,16,23H,1,6,10-11H2,(H,22,24). The monoisotopic (exact) mass is 385 g/mol. The summed E-state index contributed by atoms with van der Waals surface area (Å²) in [7, 11) is 0. The van der Waals surface area contributed by atoms with Gasteiger partial charge in [-0.25, -0.2) is 4.39 Å². The highest BCUT2D eigenvalue weighted by Crippen LogP contribution is 2.19. The third-order valence-corrected chi connectivity index (χ3v) is 3.79. The zero-order valence-corrected chi connectivity index (χ0v) is 14.9. The molecule has 0 radical (unpaired) electrons. The van der Waals surface area contributed by atoms with Crippen LogP contribution in [0.3, 0.4) is 0 Å². The van der Waals surface area contributed by atoms with Crippen LogP contribution < -0.4 is 10.1 Å². The molecule has 25 heavy (non-hydrogen) atoms. The second kappa shape index (κ2) is 9.61. The van der Waals surface area contributed by atoms with Crippen molar-refractivity contribution in [2.75, 3.05) is 13.2 Å². The fraction of sp³-hybridized carbons (Fsp3) is 0.278. The van der Waals surface area contributed by atoms with Crippen LogP contribution in [0.15, 0.2) is 42.5 Å². The number of halogens is 3. The molecule has 2 rings (SSSR count). The molecule has 1 amide bonds. The maximum atomic E-state index is 12.8. The summed E-state index contributed by atoms with van der Waals surface area (Å²) in [4.78, 5) is 11.8. The number of rotatable bonds is 8. The van der Waals surface area contributed by atoms with Crippen LogP contribution in [0.5, 0.6) is 5.75 Å². The van der Waals surface area contributed by atoms with Gasteiger partial charge in [-0.2, -0.15) is 0 Å². The van der Waals surface area contributed by atoms with Gasteiger partial charge in [0.15, 0.2) is 0 Å². The molecule has 134 valence electrons. The van der Waals surface area contributed by atoms with E-state index in [0.29, 0.717) is 22.2 Å². The molecule has 0 aliphatic rings. The number of nitrogens with one attached hydrogen (secondary N) is 1. The Morgan fingerprint density at radius 1 is 1.16 bits per heavy atom. The molecule has 2 aromatic carbocycles. The summed E-state index contributed by atoms with van der Waals surface area (Å²) in [6, 6.07) is 10.6. The van der Waals surface area contributed by atoms with Gasteiger partial charge in [-0.3, -0.25) is 4.79 Å². The van der Waals surface area contributed by atoms with Gasteiger partial charge >= 0.3 is 0 Å². The van der Waals surface area contributed by atoms with Gasteiger partial charge in [-0.15, -0.1) is 0 Å². The van der Waals surface area contributed by atoms with Crippen molar-refractivity contribution in [2.24, 2.45) is 0 Å². The smallest absolute Gasteiger partial charge is 0.220 e. The fourth-order valence-corrected chi connectivity index (χ4v) is 2.69. The maximum Gasteiger partial charge on any atom is 0.220 e. The van der Waals surface area contributed by atoms with Crippen molar-refractivity contribution in [3.05, 3.63) is 63.9 Å². The Labute approximate surface area is 155 Å². The predicted octanol–water partition coefficient (Wildman–Crippen LogP) is 3.62. The maximum absolute atomic E-state index is 12.8. The number of hydrogen-bond donors (Lipinski definition) is 2. The summed E-state index contributed by atoms with van der Waals surface area (Å²) in [6.45, 7) is 0.0617. The Morgan fingerprint density at radius 3 is 2.44 bits per heavy atom. The Kier molecular flexibility index (Phi) is 7.50. The van der Waals surface area contributed by atoms with Crippen molar-refractivity contribution >= 4 is 29.1 Å². The first-order chi connectivity index (χ1) is 11.9. The molecule has 0 saturated carbocycles. The Hall–Kier alpha value is -1.82. The molecule has 2 aromatic rings. The molecule has 0 aliphatic carbocycles. The highest BCUT2D eigenvalue weighted by atomic mass is 35.5. The van der Waals surface area contributed by atoms with Crippen molar-refractivity contribution in [1.29, 1.82) is 0 Å². The average molecular weight is 386 g/mol. The number of aryl methyl sites for hydroxylation is 1. The first-order valence-electron chi connectivity index (χ1n) is 7.70. The number of amides is 1. The third-order valence-electron chi connectivity index (χ3n) is 3.35. The van der Waals surface area contributed by atoms with Gasteiger partial charge in [0.05, 0.1) is 0 Å². The lowest BCUT2D eigenvalue weighted by Crippen LogP contribution is -2.35. The Balaban J connectivity index is 1.67. The van der Waals surface area contributed by atoms with Gasteiger partial charge in [0.2, 0.25) is 5.91 Å². The predicted molar refractivity (Wildman–Crippen MR) is 95.7 cm³/mol. The van der Waals surface area contributed by atoms with E-state index in [9.17, 15) is 14.3 Å². The van der Waals surface area contributed by atoms with Crippen LogP contribution in [-0.4, -0.2) is 30.3 Å². The third kappa shape index (κ3) is 7.30. The molecule has 0 heterocycles. The minimum absolute atomic E-state index is 0.00415. The molecule has 0 saturated heterocycles. The van der Waals surface area contributed by atoms with E-state index in [1.54, 1.807) is 18.2 Å². The highest BCUT2D eigenvalue weighted by Gasteiger charge is 2.09. The van der Waals surface area contributed by atoms with Crippen molar-refractivity contribution in [3.63, 3.8) is 0 Å². The van der Waals surface area contributed by atoms with Crippen LogP contribution in [0.25, 0.3) is 0 Å². The molecule has 0 fully saturated rings. The number of carbonyl (C=O) groups is 1. The van der Waals surface area contributed by atoms with Gasteiger partial charge in [0.25, 0.3) is 0 Å². The molecule has 0 bridgehead atoms. The topological polar surface area (TPSA) is 58.6 Å². The summed E-state index contributed by atoms with van der Waals surface area (Å²) in [5, 5.41) is 13.5. The number of carbonyl (C=O) groups excluding carboxylic acids is 1. The lowest BCUT2D eigenvalue weighted by atomic mass is 10.1. The van der Waals surface area contributed by atoms with Crippen molar-refractivity contribution in [2.45, 2.75) is 18.9 Å². The molecule has 2 N–H and O–H groups in total. The van der Waals surface area contributed by atoms with Crippen LogP contribution in [-0.2, 0) is 11.2 Å². The quantitative estimate of drug-likeness (QED) is 0.729. The van der Waals surface area contributed by atoms with Crippen molar-refractivity contribution in [3.8, 4) is 5.75 Å². The Morgan fingerprint density at radius 2 is 1.80 bits per heavy atom. The first kappa shape index (κ1) is 19.5. The molecule has 0 spiro atoms. The average Bonchev–Trinajstić information content (AvgIpc) is 2.57. The minimum Gasteiger partial charge on any atom is -0.491 e. The number of aliphatic hydroxyl groups is 1. The van der Waals surface area contributed by atoms with E-state index in [1.807, 2.05) is 0 Å². The summed E-state index contributed by atoms with van der Waals surface area (Å²) in [6.07, 6.45) is -0.120. The van der Waals surface area contributed by atoms with E-state index >= 15 is 0 Å². The van der Waals surface area contributed by atoms with Crippen LogP contribution >= 0.6 is 23.2 Å². The largest absolute Gasteiger partial charge is 0.491 e. The van der Waals surface area contributed by atoms with Crippen LogP contribution in [0.1, 0.15) is 12.0 Å². The molecular weight excluding hydrogens is 368 g/mol. The van der Waals surface area contributed by atoms with Crippen molar-refractivity contribution in [1.82, 2.24) is 5.32 Å². The van der Waals surface area contributed by atoms with Crippen LogP contribution in [0, 0.1) is 5.82 Å². The zero-order valence-electron chi connectivity index (χ0n) is 13.3. The van der Waals surface area contributed by atoms with Crippen molar-refractivity contribution < 1.29 is 19.0 Å². The lowest BCUT2D eigenvalue weighted by Gasteiger charge is -2.13. The molecule has 0 aliphatic heterocycles. The number of benzene rings is 2. The molecule has 1 unspecified atom stereocenters. The van der Waals surface area contributed by atoms with E-state index in [1.165, 1.54) is 24.3 Å². The normalized spacial score (nSPS) is 11.8. The molecule has 0 aromatic heterocycles. The lowest BCUT2D eigenvalue weighted by molar-refractivity contribution is -0.121.